The number of anilines is 3. The molecule has 5 nitrogen and oxygen atoms in total. The summed E-state index contributed by atoms with van der Waals surface area (Å²) < 4.78 is 43.5. The molecule has 3 rings (SSSR count). The van der Waals surface area contributed by atoms with Crippen LogP contribution in [-0.4, -0.2) is 10.9 Å². The van der Waals surface area contributed by atoms with E-state index in [1.165, 1.54) is 24.4 Å². The number of benzene rings is 2. The first-order valence-electron chi connectivity index (χ1n) is 8.30. The van der Waals surface area contributed by atoms with Gasteiger partial charge >= 0.3 is 0 Å². The normalized spacial score (nSPS) is 10.7. The Hall–Kier alpha value is -3.55. The summed E-state index contributed by atoms with van der Waals surface area (Å²) in [5.41, 5.74) is 11.1. The Bertz CT molecular complexity index is 1070. The van der Waals surface area contributed by atoms with E-state index in [2.05, 4.69) is 10.3 Å². The van der Waals surface area contributed by atoms with Crippen LogP contribution in [0.15, 0.2) is 42.6 Å². The van der Waals surface area contributed by atoms with Crippen LogP contribution in [-0.2, 0) is 6.42 Å². The van der Waals surface area contributed by atoms with Gasteiger partial charge in [0.15, 0.2) is 11.6 Å². The van der Waals surface area contributed by atoms with Crippen LogP contribution < -0.4 is 16.8 Å². The Morgan fingerprint density at radius 2 is 1.86 bits per heavy atom. The van der Waals surface area contributed by atoms with Crippen LogP contribution in [0.4, 0.5) is 30.4 Å². The highest BCUT2D eigenvalue weighted by atomic mass is 19.2. The molecule has 0 bridgehead atoms. The van der Waals surface area contributed by atoms with Crippen molar-refractivity contribution in [1.29, 1.82) is 0 Å². The molecule has 1 heterocycles. The maximum atomic E-state index is 14.8. The molecule has 0 saturated heterocycles. The number of carbonyl (C=O) groups is 1. The molecule has 0 aliphatic carbocycles. The minimum Gasteiger partial charge on any atom is -0.384 e. The molecule has 0 spiro atoms. The number of nitrogens with one attached hydrogen (secondary N) is 1. The largest absolute Gasteiger partial charge is 0.384 e. The average molecular weight is 386 g/mol. The van der Waals surface area contributed by atoms with Crippen LogP contribution in [0, 0.1) is 24.4 Å². The molecule has 28 heavy (non-hydrogen) atoms. The summed E-state index contributed by atoms with van der Waals surface area (Å²) in [6.45, 7) is 1.68. The van der Waals surface area contributed by atoms with Crippen molar-refractivity contribution in [1.82, 2.24) is 4.98 Å². The maximum Gasteiger partial charge on any atom is 0.250 e. The van der Waals surface area contributed by atoms with Crippen LogP contribution in [0.3, 0.4) is 0 Å². The summed E-state index contributed by atoms with van der Waals surface area (Å²) in [6.07, 6.45) is 1.40. The van der Waals surface area contributed by atoms with Crippen LogP contribution in [0.5, 0.6) is 0 Å². The van der Waals surface area contributed by atoms with Crippen LogP contribution in [0.1, 0.15) is 27.0 Å². The van der Waals surface area contributed by atoms with Gasteiger partial charge in [0.25, 0.3) is 5.91 Å². The number of carbonyl (C=O) groups excluding carboxylic acids is 1. The molecular weight excluding hydrogens is 369 g/mol. The molecule has 1 aromatic heterocycles. The minimum absolute atomic E-state index is 0.0328. The molecule has 3 aromatic rings. The fourth-order valence-electron chi connectivity index (χ4n) is 2.80. The van der Waals surface area contributed by atoms with E-state index < -0.39 is 29.0 Å². The first-order valence-corrected chi connectivity index (χ1v) is 8.30. The highest BCUT2D eigenvalue weighted by Crippen LogP contribution is 2.31. The van der Waals surface area contributed by atoms with Gasteiger partial charge in [-0.2, -0.15) is 0 Å². The topological polar surface area (TPSA) is 94.0 Å². The monoisotopic (exact) mass is 386 g/mol. The second-order valence-electron chi connectivity index (χ2n) is 6.32. The van der Waals surface area contributed by atoms with Gasteiger partial charge in [-0.25, -0.2) is 18.2 Å². The van der Waals surface area contributed by atoms with Crippen molar-refractivity contribution in [2.24, 2.45) is 5.73 Å². The van der Waals surface area contributed by atoms with Gasteiger partial charge in [-0.3, -0.25) is 4.79 Å². The number of nitrogens with two attached hydrogens (primary N) is 2. The zero-order valence-corrected chi connectivity index (χ0v) is 14.9. The third-order valence-electron chi connectivity index (χ3n) is 4.17. The van der Waals surface area contributed by atoms with Gasteiger partial charge in [0.2, 0.25) is 0 Å². The summed E-state index contributed by atoms with van der Waals surface area (Å²) in [5.74, 6) is -3.93. The number of aromatic nitrogens is 1. The predicted molar refractivity (Wildman–Crippen MR) is 101 cm³/mol. The fourth-order valence-corrected chi connectivity index (χ4v) is 2.80. The lowest BCUT2D eigenvalue weighted by molar-refractivity contribution is 0.100. The van der Waals surface area contributed by atoms with Crippen molar-refractivity contribution in [3.63, 3.8) is 0 Å². The molecule has 0 aliphatic heterocycles. The fraction of sp³-hybridized carbons (Fsp3) is 0.100. The third-order valence-corrected chi connectivity index (χ3v) is 4.17. The summed E-state index contributed by atoms with van der Waals surface area (Å²) in [7, 11) is 0. The number of pyridine rings is 1. The van der Waals surface area contributed by atoms with E-state index >= 15 is 0 Å². The number of rotatable bonds is 5. The van der Waals surface area contributed by atoms with E-state index in [1.807, 2.05) is 0 Å². The lowest BCUT2D eigenvalue weighted by Crippen LogP contribution is -2.17. The van der Waals surface area contributed by atoms with Gasteiger partial charge in [-0.1, -0.05) is 6.07 Å². The van der Waals surface area contributed by atoms with Gasteiger partial charge in [-0.05, 0) is 53.9 Å². The lowest BCUT2D eigenvalue weighted by atomic mass is 10.00. The molecule has 2 aromatic carbocycles. The quantitative estimate of drug-likeness (QED) is 0.621. The van der Waals surface area contributed by atoms with Gasteiger partial charge in [0, 0.05) is 12.6 Å². The molecule has 8 heteroatoms. The molecule has 1 amide bonds. The number of aryl methyl sites for hydroxylation is 1. The summed E-state index contributed by atoms with van der Waals surface area (Å²) in [4.78, 5) is 15.7. The molecule has 0 saturated carbocycles. The van der Waals surface area contributed by atoms with E-state index in [4.69, 9.17) is 11.5 Å². The number of nitrogen functional groups attached to an aromatic ring is 1. The number of hydrogen-bond donors (Lipinski definition) is 3. The van der Waals surface area contributed by atoms with Gasteiger partial charge in [0.05, 0.1) is 16.9 Å². The number of amides is 1. The maximum absolute atomic E-state index is 14.8. The molecule has 144 valence electrons. The highest BCUT2D eigenvalue weighted by molar-refractivity contribution is 5.99. The molecular formula is C20H17F3N4O. The van der Waals surface area contributed by atoms with E-state index in [0.717, 1.165) is 6.07 Å². The summed E-state index contributed by atoms with van der Waals surface area (Å²) in [5, 5.41) is 2.44. The molecule has 0 fully saturated rings. The number of hydrogen-bond acceptors (Lipinski definition) is 4. The molecule has 0 radical (unpaired) electrons. The second kappa shape index (κ2) is 7.59. The smallest absolute Gasteiger partial charge is 0.250 e. The zero-order chi connectivity index (χ0) is 20.4. The van der Waals surface area contributed by atoms with E-state index in [0.29, 0.717) is 11.1 Å². The SMILES string of the molecule is Cc1ccc(Nc2c(C(N)=O)cc(Cc3ccnc(N)c3)c(F)c2F)c(F)c1. The lowest BCUT2D eigenvalue weighted by Gasteiger charge is -2.15. The van der Waals surface area contributed by atoms with Gasteiger partial charge < -0.3 is 16.8 Å². The Labute approximate surface area is 159 Å². The predicted octanol–water partition coefficient (Wildman–Crippen LogP) is 3.82. The number of halogens is 3. The summed E-state index contributed by atoms with van der Waals surface area (Å²) >= 11 is 0. The van der Waals surface area contributed by atoms with Crippen LogP contribution >= 0.6 is 0 Å². The van der Waals surface area contributed by atoms with E-state index in [1.54, 1.807) is 19.1 Å². The molecule has 0 atom stereocenters. The van der Waals surface area contributed by atoms with Crippen molar-refractivity contribution in [2.45, 2.75) is 13.3 Å². The molecule has 0 aliphatic rings. The Kier molecular flexibility index (Phi) is 5.21. The van der Waals surface area contributed by atoms with Crippen molar-refractivity contribution in [3.8, 4) is 0 Å². The van der Waals surface area contributed by atoms with Crippen molar-refractivity contribution < 1.29 is 18.0 Å². The Balaban J connectivity index is 2.06. The van der Waals surface area contributed by atoms with Gasteiger partial charge in [0.1, 0.15) is 11.6 Å². The number of primary amides is 1. The van der Waals surface area contributed by atoms with Crippen LogP contribution in [0.25, 0.3) is 0 Å². The van der Waals surface area contributed by atoms with Crippen molar-refractivity contribution in [2.75, 3.05) is 11.1 Å². The first kappa shape index (κ1) is 19.2. The van der Waals surface area contributed by atoms with Crippen LogP contribution in [0.2, 0.25) is 0 Å². The van der Waals surface area contributed by atoms with Crippen molar-refractivity contribution in [3.05, 3.63) is 82.3 Å². The Morgan fingerprint density at radius 1 is 1.11 bits per heavy atom. The number of nitrogens with zero attached hydrogens (tertiary/aromatic N) is 1. The third kappa shape index (κ3) is 3.90. The van der Waals surface area contributed by atoms with E-state index in [9.17, 15) is 18.0 Å². The Morgan fingerprint density at radius 3 is 2.50 bits per heavy atom. The summed E-state index contributed by atoms with van der Waals surface area (Å²) in [6, 6.07) is 8.42. The zero-order valence-electron chi connectivity index (χ0n) is 14.9. The minimum atomic E-state index is -1.33. The average Bonchev–Trinajstić information content (AvgIpc) is 2.63. The van der Waals surface area contributed by atoms with Gasteiger partial charge in [-0.15, -0.1) is 0 Å². The molecule has 0 unspecified atom stereocenters. The van der Waals surface area contributed by atoms with E-state index in [-0.39, 0.29) is 29.1 Å². The highest BCUT2D eigenvalue weighted by Gasteiger charge is 2.22. The molecule has 5 N–H and O–H groups in total. The van der Waals surface area contributed by atoms with Crippen molar-refractivity contribution >= 4 is 23.1 Å². The first-order chi connectivity index (χ1) is 13.3. The second-order valence-corrected chi connectivity index (χ2v) is 6.32. The standard InChI is InChI=1S/C20H17F3N4O/c1-10-2-3-15(14(21)6-10)27-19-13(20(25)28)9-12(17(22)18(19)23)7-11-4-5-26-16(24)8-11/h2-6,8-9,27H,7H2,1H3,(H2,24,26)(H2,25,28).